The van der Waals surface area contributed by atoms with Crippen molar-refractivity contribution in [3.05, 3.63) is 77.5 Å². The number of carbonyl (C=O) groups is 2. The Bertz CT molecular complexity index is 1250. The smallest absolute Gasteiger partial charge is 0.255 e. The molecule has 2 fully saturated rings. The first-order valence-electron chi connectivity index (χ1n) is 13.0. The second kappa shape index (κ2) is 10.5. The summed E-state index contributed by atoms with van der Waals surface area (Å²) in [6, 6.07) is 17.2. The maximum Gasteiger partial charge on any atom is 0.255 e. The number of hydrogen-bond acceptors (Lipinski definition) is 4. The molecule has 2 heterocycles. The first-order chi connectivity index (χ1) is 17.5. The number of rotatable bonds is 7. The normalized spacial score (nSPS) is 17.5. The molecule has 0 bridgehead atoms. The Morgan fingerprint density at radius 3 is 2.53 bits per heavy atom. The second-order valence-electron chi connectivity index (χ2n) is 10.3. The van der Waals surface area contributed by atoms with Crippen molar-refractivity contribution in [2.24, 2.45) is 11.8 Å². The average Bonchev–Trinajstić information content (AvgIpc) is 3.73. The van der Waals surface area contributed by atoms with Gasteiger partial charge in [0.2, 0.25) is 0 Å². The number of nitrogens with one attached hydrogen (secondary N) is 2. The minimum Gasteiger partial charge on any atom is -0.356 e. The first kappa shape index (κ1) is 24.0. The average molecular weight is 483 g/mol. The van der Waals surface area contributed by atoms with Crippen LogP contribution in [0.3, 0.4) is 0 Å². The van der Waals surface area contributed by atoms with E-state index in [4.69, 9.17) is 0 Å². The van der Waals surface area contributed by atoms with Gasteiger partial charge in [0, 0.05) is 42.6 Å². The fraction of sp³-hybridized carbons (Fsp3) is 0.367. The summed E-state index contributed by atoms with van der Waals surface area (Å²) in [5, 5.41) is 6.06. The van der Waals surface area contributed by atoms with Gasteiger partial charge in [0.1, 0.15) is 5.82 Å². The van der Waals surface area contributed by atoms with Crippen LogP contribution >= 0.6 is 0 Å². The largest absolute Gasteiger partial charge is 0.356 e. The number of piperidine rings is 1. The van der Waals surface area contributed by atoms with Crippen molar-refractivity contribution in [3.63, 3.8) is 0 Å². The highest BCUT2D eigenvalue weighted by atomic mass is 16.2. The number of pyridine rings is 1. The monoisotopic (exact) mass is 482 g/mol. The van der Waals surface area contributed by atoms with Gasteiger partial charge in [0.25, 0.3) is 11.8 Å². The highest BCUT2D eigenvalue weighted by molar-refractivity contribution is 6.05. The Morgan fingerprint density at radius 1 is 0.972 bits per heavy atom. The number of anilines is 2. The Hall–Kier alpha value is -3.67. The maximum absolute atomic E-state index is 13.1. The first-order valence-corrected chi connectivity index (χ1v) is 13.0. The van der Waals surface area contributed by atoms with Crippen LogP contribution in [0.25, 0.3) is 11.1 Å². The van der Waals surface area contributed by atoms with Gasteiger partial charge < -0.3 is 15.5 Å². The van der Waals surface area contributed by atoms with E-state index in [0.29, 0.717) is 23.0 Å². The molecule has 2 N–H and O–H groups in total. The van der Waals surface area contributed by atoms with E-state index in [1.807, 2.05) is 55.5 Å². The van der Waals surface area contributed by atoms with Gasteiger partial charge in [-0.25, -0.2) is 4.98 Å². The summed E-state index contributed by atoms with van der Waals surface area (Å²) in [5.74, 6) is 1.97. The van der Waals surface area contributed by atoms with Crippen LogP contribution in [0.5, 0.6) is 0 Å². The molecule has 0 spiro atoms. The summed E-state index contributed by atoms with van der Waals surface area (Å²) in [7, 11) is 0. The Balaban J connectivity index is 1.28. The van der Waals surface area contributed by atoms with E-state index in [1.54, 1.807) is 12.3 Å². The lowest BCUT2D eigenvalue weighted by atomic mass is 9.98. The molecular weight excluding hydrogens is 448 g/mol. The molecule has 1 aromatic heterocycles. The zero-order valence-electron chi connectivity index (χ0n) is 21.1. The van der Waals surface area contributed by atoms with Crippen LogP contribution in [0, 0.1) is 18.8 Å². The molecule has 2 amide bonds. The van der Waals surface area contributed by atoms with E-state index in [2.05, 4.69) is 27.4 Å². The van der Waals surface area contributed by atoms with Gasteiger partial charge in [-0.15, -0.1) is 0 Å². The van der Waals surface area contributed by atoms with Crippen molar-refractivity contribution in [1.82, 2.24) is 10.3 Å². The molecule has 1 saturated carbocycles. The molecule has 5 rings (SSSR count). The molecule has 3 aromatic rings. The van der Waals surface area contributed by atoms with Crippen LogP contribution in [0.4, 0.5) is 11.5 Å². The molecule has 1 aliphatic carbocycles. The fourth-order valence-corrected chi connectivity index (χ4v) is 4.81. The Labute approximate surface area is 213 Å². The lowest BCUT2D eigenvalue weighted by Gasteiger charge is -2.31. The molecule has 6 heteroatoms. The number of nitrogens with zero attached hydrogens (tertiary/aromatic N) is 2. The van der Waals surface area contributed by atoms with E-state index in [1.165, 1.54) is 19.3 Å². The molecular formula is C30H34N4O2. The van der Waals surface area contributed by atoms with Gasteiger partial charge in [-0.05, 0) is 97.5 Å². The molecule has 0 radical (unpaired) electrons. The predicted molar refractivity (Wildman–Crippen MR) is 144 cm³/mol. The number of carbonyl (C=O) groups excluding carboxylic acids is 2. The summed E-state index contributed by atoms with van der Waals surface area (Å²) < 4.78 is 0. The van der Waals surface area contributed by atoms with Crippen molar-refractivity contribution in [2.45, 2.75) is 39.5 Å². The summed E-state index contributed by atoms with van der Waals surface area (Å²) in [6.45, 7) is 7.02. The van der Waals surface area contributed by atoms with Crippen LogP contribution in [0.1, 0.15) is 58.9 Å². The van der Waals surface area contributed by atoms with E-state index in [9.17, 15) is 9.59 Å². The van der Waals surface area contributed by atoms with Crippen LogP contribution in [-0.2, 0) is 0 Å². The van der Waals surface area contributed by atoms with Crippen molar-refractivity contribution < 1.29 is 9.59 Å². The molecule has 1 unspecified atom stereocenters. The summed E-state index contributed by atoms with van der Waals surface area (Å²) >= 11 is 0. The van der Waals surface area contributed by atoms with Gasteiger partial charge in [-0.3, -0.25) is 9.59 Å². The third-order valence-corrected chi connectivity index (χ3v) is 7.19. The molecule has 2 aliphatic rings. The zero-order valence-corrected chi connectivity index (χ0v) is 21.1. The lowest BCUT2D eigenvalue weighted by molar-refractivity contribution is 0.0951. The number of amides is 2. The quantitative estimate of drug-likeness (QED) is 0.454. The minimum atomic E-state index is -0.152. The Morgan fingerprint density at radius 2 is 1.78 bits per heavy atom. The summed E-state index contributed by atoms with van der Waals surface area (Å²) in [6.07, 6.45) is 6.53. The predicted octanol–water partition coefficient (Wildman–Crippen LogP) is 5.69. The van der Waals surface area contributed by atoms with Gasteiger partial charge in [-0.2, -0.15) is 0 Å². The van der Waals surface area contributed by atoms with Crippen molar-refractivity contribution in [2.75, 3.05) is 29.9 Å². The lowest BCUT2D eigenvalue weighted by Crippen LogP contribution is -2.34. The van der Waals surface area contributed by atoms with Crippen LogP contribution < -0.4 is 15.5 Å². The third-order valence-electron chi connectivity index (χ3n) is 7.19. The Kier molecular flexibility index (Phi) is 7.03. The van der Waals surface area contributed by atoms with Gasteiger partial charge in [-0.1, -0.05) is 25.1 Å². The standard InChI is InChI=1S/C30H34N4O2/c1-20-4-3-15-34(19-20)28-16-25(13-14-31-28)30(36)33-26-12-5-21(2)27(17-26)23-8-10-24(11-9-23)29(35)32-18-22-6-7-22/h5,8-14,16-17,20,22H,3-4,6-7,15,18-19H2,1-2H3,(H,32,35)(H,33,36). The number of benzene rings is 2. The topological polar surface area (TPSA) is 74.3 Å². The highest BCUT2D eigenvalue weighted by Crippen LogP contribution is 2.29. The minimum absolute atomic E-state index is 0.0260. The van der Waals surface area contributed by atoms with E-state index in [-0.39, 0.29) is 11.8 Å². The van der Waals surface area contributed by atoms with Gasteiger partial charge in [0.05, 0.1) is 0 Å². The molecule has 186 valence electrons. The number of hydrogen-bond donors (Lipinski definition) is 2. The zero-order chi connectivity index (χ0) is 25.1. The van der Waals surface area contributed by atoms with Crippen LogP contribution in [-0.4, -0.2) is 36.4 Å². The highest BCUT2D eigenvalue weighted by Gasteiger charge is 2.22. The molecule has 1 saturated heterocycles. The fourth-order valence-electron chi connectivity index (χ4n) is 4.81. The molecule has 1 atom stereocenters. The summed E-state index contributed by atoms with van der Waals surface area (Å²) in [5.41, 5.74) is 5.13. The van der Waals surface area contributed by atoms with Gasteiger partial charge >= 0.3 is 0 Å². The molecule has 1 aliphatic heterocycles. The van der Waals surface area contributed by atoms with Crippen molar-refractivity contribution in [1.29, 1.82) is 0 Å². The SMILES string of the molecule is Cc1ccc(NC(=O)c2ccnc(N3CCCC(C)C3)c2)cc1-c1ccc(C(=O)NCC2CC2)cc1. The molecule has 2 aromatic carbocycles. The summed E-state index contributed by atoms with van der Waals surface area (Å²) in [4.78, 5) is 32.2. The van der Waals surface area contributed by atoms with Crippen molar-refractivity contribution >= 4 is 23.3 Å². The molecule has 6 nitrogen and oxygen atoms in total. The van der Waals surface area contributed by atoms with Gasteiger partial charge in [0.15, 0.2) is 0 Å². The van der Waals surface area contributed by atoms with Crippen LogP contribution in [0.15, 0.2) is 60.8 Å². The number of aryl methyl sites for hydroxylation is 1. The van der Waals surface area contributed by atoms with E-state index < -0.39 is 0 Å². The third kappa shape index (κ3) is 5.76. The van der Waals surface area contributed by atoms with E-state index in [0.717, 1.165) is 54.3 Å². The molecule has 36 heavy (non-hydrogen) atoms. The second-order valence-corrected chi connectivity index (χ2v) is 10.3. The van der Waals surface area contributed by atoms with Crippen molar-refractivity contribution in [3.8, 4) is 11.1 Å². The van der Waals surface area contributed by atoms with Crippen LogP contribution in [0.2, 0.25) is 0 Å². The maximum atomic E-state index is 13.1. The number of aromatic nitrogens is 1. The van der Waals surface area contributed by atoms with E-state index >= 15 is 0 Å².